The molecule has 0 bridgehead atoms. The molecule has 1 fully saturated rings. The Hall–Kier alpha value is -1.56. The van der Waals surface area contributed by atoms with Crippen molar-refractivity contribution in [1.82, 2.24) is 4.90 Å². The van der Waals surface area contributed by atoms with Gasteiger partial charge in [-0.05, 0) is 43.5 Å². The molecule has 1 aliphatic rings. The van der Waals surface area contributed by atoms with E-state index in [1.165, 1.54) is 0 Å². The van der Waals surface area contributed by atoms with Gasteiger partial charge in [-0.15, -0.1) is 0 Å². The number of carbonyl (C=O) groups is 1. The van der Waals surface area contributed by atoms with Crippen LogP contribution in [0.4, 0.5) is 0 Å². The van der Waals surface area contributed by atoms with Crippen LogP contribution in [0.3, 0.4) is 0 Å². The normalized spacial score (nSPS) is 16.2. The molecule has 6 heteroatoms. The fourth-order valence-corrected chi connectivity index (χ4v) is 2.98. The monoisotopic (exact) mass is 353 g/mol. The predicted molar refractivity (Wildman–Crippen MR) is 85.6 cm³/mol. The van der Waals surface area contributed by atoms with Gasteiger partial charge in [0.15, 0.2) is 5.84 Å². The van der Waals surface area contributed by atoms with Crippen LogP contribution in [0.25, 0.3) is 0 Å². The first-order valence-electron chi connectivity index (χ1n) is 7.06. The molecule has 0 heterocycles. The highest BCUT2D eigenvalue weighted by Crippen LogP contribution is 2.26. The molecule has 1 aromatic carbocycles. The molecule has 114 valence electrons. The van der Waals surface area contributed by atoms with Gasteiger partial charge < -0.3 is 15.8 Å². The standard InChI is InChI=1S/C15H20BrN3O2/c1-10-8-11(6-7-13(10)16)15(20)19(9-14(17)18-21)12-4-2-3-5-12/h6-8,12,21H,2-5,9H2,1H3,(H2,17,18). The molecule has 0 unspecified atom stereocenters. The quantitative estimate of drug-likeness (QED) is 0.378. The Morgan fingerprint density at radius 3 is 2.71 bits per heavy atom. The maximum atomic E-state index is 12.8. The summed E-state index contributed by atoms with van der Waals surface area (Å²) >= 11 is 3.44. The SMILES string of the molecule is Cc1cc(C(=O)N(C/C(N)=N/O)C2CCCC2)ccc1Br. The number of oxime groups is 1. The topological polar surface area (TPSA) is 78.9 Å². The van der Waals surface area contributed by atoms with Crippen molar-refractivity contribution in [3.8, 4) is 0 Å². The average molecular weight is 354 g/mol. The van der Waals surface area contributed by atoms with Crippen molar-refractivity contribution < 1.29 is 10.0 Å². The van der Waals surface area contributed by atoms with Crippen molar-refractivity contribution in [2.75, 3.05) is 6.54 Å². The summed E-state index contributed by atoms with van der Waals surface area (Å²) in [5, 5.41) is 11.8. The van der Waals surface area contributed by atoms with Crippen molar-refractivity contribution in [2.24, 2.45) is 10.9 Å². The van der Waals surface area contributed by atoms with Crippen LogP contribution in [0.2, 0.25) is 0 Å². The molecule has 0 atom stereocenters. The van der Waals surface area contributed by atoms with Gasteiger partial charge in [0, 0.05) is 16.1 Å². The third-order valence-electron chi connectivity index (χ3n) is 3.89. The number of amidine groups is 1. The lowest BCUT2D eigenvalue weighted by Gasteiger charge is -2.28. The lowest BCUT2D eigenvalue weighted by Crippen LogP contribution is -2.44. The summed E-state index contributed by atoms with van der Waals surface area (Å²) in [6.45, 7) is 2.11. The molecule has 0 aromatic heterocycles. The zero-order chi connectivity index (χ0) is 15.4. The van der Waals surface area contributed by atoms with Gasteiger partial charge in [0.1, 0.15) is 0 Å². The number of hydrogen-bond donors (Lipinski definition) is 2. The number of nitrogens with two attached hydrogens (primary N) is 1. The zero-order valence-electron chi connectivity index (χ0n) is 12.1. The molecule has 5 nitrogen and oxygen atoms in total. The predicted octanol–water partition coefficient (Wildman–Crippen LogP) is 2.89. The van der Waals surface area contributed by atoms with Crippen LogP contribution in [-0.2, 0) is 0 Å². The number of benzene rings is 1. The van der Waals surface area contributed by atoms with E-state index in [4.69, 9.17) is 10.9 Å². The first-order chi connectivity index (χ1) is 10.0. The summed E-state index contributed by atoms with van der Waals surface area (Å²) in [6, 6.07) is 5.70. The lowest BCUT2D eigenvalue weighted by molar-refractivity contribution is 0.0712. The summed E-state index contributed by atoms with van der Waals surface area (Å²) in [6.07, 6.45) is 4.17. The Balaban J connectivity index is 2.25. The summed E-state index contributed by atoms with van der Waals surface area (Å²) in [5.74, 6) is -0.00631. The highest BCUT2D eigenvalue weighted by molar-refractivity contribution is 9.10. The molecule has 1 saturated carbocycles. The third kappa shape index (κ3) is 3.75. The summed E-state index contributed by atoms with van der Waals surface area (Å²) in [4.78, 5) is 14.5. The van der Waals surface area contributed by atoms with E-state index in [9.17, 15) is 4.79 Å². The second-order valence-corrected chi connectivity index (χ2v) is 6.28. The fraction of sp³-hybridized carbons (Fsp3) is 0.467. The number of aryl methyl sites for hydroxylation is 1. The lowest BCUT2D eigenvalue weighted by atomic mass is 10.1. The van der Waals surface area contributed by atoms with Crippen molar-refractivity contribution in [2.45, 2.75) is 38.6 Å². The largest absolute Gasteiger partial charge is 0.409 e. The van der Waals surface area contributed by atoms with Crippen LogP contribution in [0.15, 0.2) is 27.8 Å². The summed E-state index contributed by atoms with van der Waals surface area (Å²) in [7, 11) is 0. The van der Waals surface area contributed by atoms with Gasteiger partial charge in [-0.2, -0.15) is 0 Å². The molecular formula is C15H20BrN3O2. The van der Waals surface area contributed by atoms with Gasteiger partial charge in [-0.3, -0.25) is 4.79 Å². The molecule has 0 spiro atoms. The number of rotatable bonds is 4. The van der Waals surface area contributed by atoms with Crippen molar-refractivity contribution in [3.63, 3.8) is 0 Å². The van der Waals surface area contributed by atoms with E-state index < -0.39 is 0 Å². The Kier molecular flexibility index (Phi) is 5.22. The van der Waals surface area contributed by atoms with Crippen molar-refractivity contribution in [1.29, 1.82) is 0 Å². The Labute approximate surface area is 132 Å². The minimum absolute atomic E-state index is 0.0593. The highest BCUT2D eigenvalue weighted by atomic mass is 79.9. The van der Waals surface area contributed by atoms with Crippen LogP contribution >= 0.6 is 15.9 Å². The Morgan fingerprint density at radius 2 is 2.14 bits per heavy atom. The molecule has 21 heavy (non-hydrogen) atoms. The third-order valence-corrected chi connectivity index (χ3v) is 4.78. The minimum Gasteiger partial charge on any atom is -0.409 e. The molecule has 1 aliphatic carbocycles. The van der Waals surface area contributed by atoms with E-state index >= 15 is 0 Å². The van der Waals surface area contributed by atoms with Crippen LogP contribution in [0.1, 0.15) is 41.6 Å². The fourth-order valence-electron chi connectivity index (χ4n) is 2.73. The van der Waals surface area contributed by atoms with E-state index in [0.29, 0.717) is 5.56 Å². The van der Waals surface area contributed by atoms with Gasteiger partial charge >= 0.3 is 0 Å². The van der Waals surface area contributed by atoms with Crippen LogP contribution in [0, 0.1) is 6.92 Å². The van der Waals surface area contributed by atoms with Crippen LogP contribution in [-0.4, -0.2) is 34.4 Å². The molecule has 0 saturated heterocycles. The van der Waals surface area contributed by atoms with Gasteiger partial charge in [-0.1, -0.05) is 33.9 Å². The number of carbonyl (C=O) groups excluding carboxylic acids is 1. The molecule has 1 amide bonds. The van der Waals surface area contributed by atoms with Crippen molar-refractivity contribution in [3.05, 3.63) is 33.8 Å². The van der Waals surface area contributed by atoms with E-state index in [1.807, 2.05) is 19.1 Å². The van der Waals surface area contributed by atoms with E-state index in [0.717, 1.165) is 35.7 Å². The average Bonchev–Trinajstić information content (AvgIpc) is 3.00. The number of amides is 1. The van der Waals surface area contributed by atoms with E-state index in [-0.39, 0.29) is 24.3 Å². The smallest absolute Gasteiger partial charge is 0.254 e. The molecular weight excluding hydrogens is 334 g/mol. The number of hydrogen-bond acceptors (Lipinski definition) is 3. The van der Waals surface area contributed by atoms with Crippen LogP contribution < -0.4 is 5.73 Å². The maximum Gasteiger partial charge on any atom is 0.254 e. The first-order valence-corrected chi connectivity index (χ1v) is 7.85. The molecule has 1 aromatic rings. The Morgan fingerprint density at radius 1 is 1.48 bits per heavy atom. The van der Waals surface area contributed by atoms with E-state index in [2.05, 4.69) is 21.1 Å². The zero-order valence-corrected chi connectivity index (χ0v) is 13.6. The first kappa shape index (κ1) is 15.8. The molecule has 0 aliphatic heterocycles. The maximum absolute atomic E-state index is 12.8. The minimum atomic E-state index is -0.0656. The second kappa shape index (κ2) is 6.93. The second-order valence-electron chi connectivity index (χ2n) is 5.43. The van der Waals surface area contributed by atoms with E-state index in [1.54, 1.807) is 11.0 Å². The summed E-state index contributed by atoms with van der Waals surface area (Å²) in [5.41, 5.74) is 7.25. The Bertz CT molecular complexity index is 554. The number of halogens is 1. The molecule has 0 radical (unpaired) electrons. The van der Waals surface area contributed by atoms with Gasteiger partial charge in [0.05, 0.1) is 6.54 Å². The molecule has 2 rings (SSSR count). The highest BCUT2D eigenvalue weighted by Gasteiger charge is 2.28. The van der Waals surface area contributed by atoms with Gasteiger partial charge in [-0.25, -0.2) is 0 Å². The van der Waals surface area contributed by atoms with Gasteiger partial charge in [0.25, 0.3) is 5.91 Å². The van der Waals surface area contributed by atoms with Crippen LogP contribution in [0.5, 0.6) is 0 Å². The molecule has 3 N–H and O–H groups in total. The number of nitrogens with zero attached hydrogens (tertiary/aromatic N) is 2. The summed E-state index contributed by atoms with van der Waals surface area (Å²) < 4.78 is 0.975. The van der Waals surface area contributed by atoms with Gasteiger partial charge in [0.2, 0.25) is 0 Å². The van der Waals surface area contributed by atoms with Crippen molar-refractivity contribution >= 4 is 27.7 Å².